The quantitative estimate of drug-likeness (QED) is 0.928. The third-order valence-corrected chi connectivity index (χ3v) is 3.12. The second-order valence-corrected chi connectivity index (χ2v) is 4.77. The number of nitrogens with two attached hydrogens (primary N) is 1. The van der Waals surface area contributed by atoms with Crippen molar-refractivity contribution in [1.82, 2.24) is 4.98 Å². The summed E-state index contributed by atoms with van der Waals surface area (Å²) in [6.07, 6.45) is 1.57. The van der Waals surface area contributed by atoms with Crippen LogP contribution in [0.15, 0.2) is 34.9 Å². The molecule has 1 heterocycles. The fourth-order valence-corrected chi connectivity index (χ4v) is 1.78. The van der Waals surface area contributed by atoms with Crippen LogP contribution in [0, 0.1) is 5.82 Å². The van der Waals surface area contributed by atoms with E-state index in [1.54, 1.807) is 24.4 Å². The van der Waals surface area contributed by atoms with E-state index >= 15 is 0 Å². The predicted molar refractivity (Wildman–Crippen MR) is 71.3 cm³/mol. The van der Waals surface area contributed by atoms with Crippen molar-refractivity contribution in [2.24, 2.45) is 5.73 Å². The van der Waals surface area contributed by atoms with Crippen LogP contribution in [-0.2, 0) is 6.54 Å². The summed E-state index contributed by atoms with van der Waals surface area (Å²) in [5.74, 6) is 0.128. The average molecular weight is 332 g/mol. The first kappa shape index (κ1) is 13.3. The van der Waals surface area contributed by atoms with E-state index in [-0.39, 0.29) is 5.88 Å². The van der Waals surface area contributed by atoms with E-state index < -0.39 is 5.82 Å². The zero-order valence-electron chi connectivity index (χ0n) is 9.16. The van der Waals surface area contributed by atoms with Crippen molar-refractivity contribution in [2.45, 2.75) is 6.54 Å². The van der Waals surface area contributed by atoms with Gasteiger partial charge in [0.2, 0.25) is 5.88 Å². The van der Waals surface area contributed by atoms with Gasteiger partial charge in [0.15, 0.2) is 0 Å². The highest BCUT2D eigenvalue weighted by Gasteiger charge is 2.07. The molecular weight excluding hydrogens is 323 g/mol. The number of rotatable bonds is 3. The summed E-state index contributed by atoms with van der Waals surface area (Å²) in [4.78, 5) is 4.03. The highest BCUT2D eigenvalue weighted by atomic mass is 79.9. The topological polar surface area (TPSA) is 48.1 Å². The maximum Gasteiger partial charge on any atom is 0.238 e. The first-order valence-corrected chi connectivity index (χ1v) is 6.24. The standard InChI is InChI=1S/C12H9BrClFN2O/c13-9-2-1-8(4-11(9)15)18-12-10(14)3-7(5-16)6-17-12/h1-4,6H,5,16H2. The molecule has 0 bridgehead atoms. The third kappa shape index (κ3) is 2.98. The van der Waals surface area contributed by atoms with Crippen LogP contribution in [0.4, 0.5) is 4.39 Å². The van der Waals surface area contributed by atoms with Crippen LogP contribution in [-0.4, -0.2) is 4.98 Å². The van der Waals surface area contributed by atoms with E-state index in [1.807, 2.05) is 0 Å². The molecule has 18 heavy (non-hydrogen) atoms. The van der Waals surface area contributed by atoms with Crippen molar-refractivity contribution in [3.63, 3.8) is 0 Å². The second kappa shape index (κ2) is 5.65. The van der Waals surface area contributed by atoms with Gasteiger partial charge in [-0.1, -0.05) is 11.6 Å². The monoisotopic (exact) mass is 330 g/mol. The Labute approximate surface area is 117 Å². The van der Waals surface area contributed by atoms with E-state index in [1.165, 1.54) is 6.07 Å². The number of halogens is 3. The molecule has 2 rings (SSSR count). The fourth-order valence-electron chi connectivity index (χ4n) is 1.30. The lowest BCUT2D eigenvalue weighted by Crippen LogP contribution is -1.98. The van der Waals surface area contributed by atoms with E-state index in [9.17, 15) is 4.39 Å². The number of aromatic nitrogens is 1. The Balaban J connectivity index is 2.25. The lowest BCUT2D eigenvalue weighted by molar-refractivity contribution is 0.457. The van der Waals surface area contributed by atoms with E-state index in [0.717, 1.165) is 5.56 Å². The Kier molecular flexibility index (Phi) is 4.16. The van der Waals surface area contributed by atoms with E-state index in [2.05, 4.69) is 20.9 Å². The zero-order chi connectivity index (χ0) is 13.1. The van der Waals surface area contributed by atoms with Gasteiger partial charge in [-0.05, 0) is 39.7 Å². The summed E-state index contributed by atoms with van der Waals surface area (Å²) < 4.78 is 19.1. The Bertz CT molecular complexity index is 580. The van der Waals surface area contributed by atoms with Gasteiger partial charge in [-0.2, -0.15) is 0 Å². The van der Waals surface area contributed by atoms with Crippen LogP contribution in [0.2, 0.25) is 5.02 Å². The summed E-state index contributed by atoms with van der Waals surface area (Å²) in [7, 11) is 0. The molecule has 0 radical (unpaired) electrons. The fraction of sp³-hybridized carbons (Fsp3) is 0.0833. The number of hydrogen-bond acceptors (Lipinski definition) is 3. The maximum atomic E-state index is 13.3. The van der Waals surface area contributed by atoms with Crippen molar-refractivity contribution < 1.29 is 9.13 Å². The average Bonchev–Trinajstić information content (AvgIpc) is 2.36. The molecule has 1 aromatic heterocycles. The number of ether oxygens (including phenoxy) is 1. The molecule has 0 aliphatic carbocycles. The van der Waals surface area contributed by atoms with Crippen LogP contribution >= 0.6 is 27.5 Å². The van der Waals surface area contributed by atoms with E-state index in [0.29, 0.717) is 21.8 Å². The summed E-state index contributed by atoms with van der Waals surface area (Å²) in [6.45, 7) is 0.347. The molecule has 0 spiro atoms. The molecular formula is C12H9BrClFN2O. The van der Waals surface area contributed by atoms with Gasteiger partial charge >= 0.3 is 0 Å². The van der Waals surface area contributed by atoms with Crippen LogP contribution < -0.4 is 10.5 Å². The van der Waals surface area contributed by atoms with Gasteiger partial charge in [0.05, 0.1) is 4.47 Å². The van der Waals surface area contributed by atoms with Gasteiger partial charge in [-0.15, -0.1) is 0 Å². The summed E-state index contributed by atoms with van der Waals surface area (Å²) in [5.41, 5.74) is 6.26. The first-order valence-electron chi connectivity index (χ1n) is 5.07. The van der Waals surface area contributed by atoms with Gasteiger partial charge in [0, 0.05) is 18.8 Å². The molecule has 0 aliphatic heterocycles. The molecule has 0 amide bonds. The van der Waals surface area contributed by atoms with Gasteiger partial charge in [-0.25, -0.2) is 9.37 Å². The van der Waals surface area contributed by atoms with Gasteiger partial charge in [0.1, 0.15) is 16.6 Å². The van der Waals surface area contributed by atoms with Crippen LogP contribution in [0.1, 0.15) is 5.56 Å². The summed E-state index contributed by atoms with van der Waals surface area (Å²) in [5, 5.41) is 0.335. The molecule has 94 valence electrons. The maximum absolute atomic E-state index is 13.3. The van der Waals surface area contributed by atoms with Gasteiger partial charge in [-0.3, -0.25) is 0 Å². The molecule has 0 unspecified atom stereocenters. The zero-order valence-corrected chi connectivity index (χ0v) is 11.5. The molecule has 6 heteroatoms. The number of benzene rings is 1. The normalized spacial score (nSPS) is 10.4. The molecule has 0 atom stereocenters. The largest absolute Gasteiger partial charge is 0.437 e. The molecule has 0 saturated carbocycles. The summed E-state index contributed by atoms with van der Waals surface area (Å²) >= 11 is 9.05. The smallest absolute Gasteiger partial charge is 0.238 e. The predicted octanol–water partition coefficient (Wildman–Crippen LogP) is 3.89. The highest BCUT2D eigenvalue weighted by molar-refractivity contribution is 9.10. The lowest BCUT2D eigenvalue weighted by atomic mass is 10.3. The van der Waals surface area contributed by atoms with Crippen molar-refractivity contribution >= 4 is 27.5 Å². The van der Waals surface area contributed by atoms with Gasteiger partial charge < -0.3 is 10.5 Å². The van der Waals surface area contributed by atoms with Crippen LogP contribution in [0.5, 0.6) is 11.6 Å². The SMILES string of the molecule is NCc1cnc(Oc2ccc(Br)c(F)c2)c(Cl)c1. The number of nitrogens with zero attached hydrogens (tertiary/aromatic N) is 1. The minimum atomic E-state index is -0.415. The molecule has 2 aromatic rings. The Morgan fingerprint density at radius 1 is 1.39 bits per heavy atom. The van der Waals surface area contributed by atoms with Crippen molar-refractivity contribution in [1.29, 1.82) is 0 Å². The minimum Gasteiger partial charge on any atom is -0.437 e. The number of pyridine rings is 1. The second-order valence-electron chi connectivity index (χ2n) is 3.51. The number of hydrogen-bond donors (Lipinski definition) is 1. The Morgan fingerprint density at radius 2 is 2.17 bits per heavy atom. The van der Waals surface area contributed by atoms with Crippen LogP contribution in [0.25, 0.3) is 0 Å². The van der Waals surface area contributed by atoms with Crippen molar-refractivity contribution in [3.05, 3.63) is 51.3 Å². The lowest BCUT2D eigenvalue weighted by Gasteiger charge is -2.07. The first-order chi connectivity index (χ1) is 8.60. The van der Waals surface area contributed by atoms with Gasteiger partial charge in [0.25, 0.3) is 0 Å². The van der Waals surface area contributed by atoms with E-state index in [4.69, 9.17) is 22.1 Å². The van der Waals surface area contributed by atoms with Crippen LogP contribution in [0.3, 0.4) is 0 Å². The molecule has 2 N–H and O–H groups in total. The Morgan fingerprint density at radius 3 is 2.78 bits per heavy atom. The third-order valence-electron chi connectivity index (χ3n) is 2.21. The molecule has 3 nitrogen and oxygen atoms in total. The Hall–Kier alpha value is -1.17. The van der Waals surface area contributed by atoms with Crippen molar-refractivity contribution in [3.8, 4) is 11.6 Å². The molecule has 0 saturated heterocycles. The minimum absolute atomic E-state index is 0.218. The van der Waals surface area contributed by atoms with Crippen molar-refractivity contribution in [2.75, 3.05) is 0 Å². The highest BCUT2D eigenvalue weighted by Crippen LogP contribution is 2.29. The molecule has 0 fully saturated rings. The summed E-state index contributed by atoms with van der Waals surface area (Å²) in [6, 6.07) is 6.08. The molecule has 0 aliphatic rings. The molecule has 1 aromatic carbocycles.